The van der Waals surface area contributed by atoms with Crippen molar-refractivity contribution in [2.45, 2.75) is 18.9 Å². The molecule has 18 heavy (non-hydrogen) atoms. The summed E-state index contributed by atoms with van der Waals surface area (Å²) in [4.78, 5) is 20.0. The molecule has 0 saturated heterocycles. The van der Waals surface area contributed by atoms with Crippen molar-refractivity contribution in [2.75, 3.05) is 11.1 Å². The van der Waals surface area contributed by atoms with Gasteiger partial charge in [-0.2, -0.15) is 0 Å². The van der Waals surface area contributed by atoms with E-state index < -0.39 is 0 Å². The Balaban J connectivity index is 1.84. The number of anilines is 2. The van der Waals surface area contributed by atoms with Crippen LogP contribution >= 0.6 is 0 Å². The number of nitrogens with two attached hydrogens (primary N) is 1. The number of carbonyl (C=O) groups excluding carboxylic acids is 1. The van der Waals surface area contributed by atoms with Gasteiger partial charge in [0.2, 0.25) is 5.95 Å². The van der Waals surface area contributed by atoms with Crippen LogP contribution in [0.1, 0.15) is 29.4 Å². The highest BCUT2D eigenvalue weighted by atomic mass is 16.2. The van der Waals surface area contributed by atoms with Crippen molar-refractivity contribution >= 4 is 17.5 Å². The molecule has 1 amide bonds. The van der Waals surface area contributed by atoms with E-state index in [1.54, 1.807) is 30.7 Å². The zero-order valence-electron chi connectivity index (χ0n) is 9.71. The van der Waals surface area contributed by atoms with E-state index >= 15 is 0 Å². The monoisotopic (exact) mass is 243 g/mol. The van der Waals surface area contributed by atoms with Crippen LogP contribution in [0.3, 0.4) is 0 Å². The zero-order chi connectivity index (χ0) is 12.5. The van der Waals surface area contributed by atoms with Crippen LogP contribution < -0.4 is 11.1 Å². The standard InChI is InChI=1S/C12H13N5O/c13-8-6-10(17(7-8)9-2-3-9)11(18)16-12-14-4-1-5-15-12/h1,4-7,9H,2-3,13H2,(H,14,15,16,18). The maximum atomic E-state index is 12.1. The first-order valence-corrected chi connectivity index (χ1v) is 5.80. The number of nitrogen functional groups attached to an aromatic ring is 1. The first-order chi connectivity index (χ1) is 8.74. The normalized spacial score (nSPS) is 14.4. The highest BCUT2D eigenvalue weighted by Gasteiger charge is 2.27. The quantitative estimate of drug-likeness (QED) is 0.854. The minimum absolute atomic E-state index is 0.232. The van der Waals surface area contributed by atoms with Gasteiger partial charge in [0.1, 0.15) is 5.69 Å². The van der Waals surface area contributed by atoms with Crippen LogP contribution in [-0.2, 0) is 0 Å². The highest BCUT2D eigenvalue weighted by molar-refractivity contribution is 6.02. The van der Waals surface area contributed by atoms with Gasteiger partial charge in [-0.25, -0.2) is 9.97 Å². The summed E-state index contributed by atoms with van der Waals surface area (Å²) in [7, 11) is 0. The average Bonchev–Trinajstić information content (AvgIpc) is 3.13. The van der Waals surface area contributed by atoms with Gasteiger partial charge in [-0.1, -0.05) is 0 Å². The van der Waals surface area contributed by atoms with E-state index in [0.29, 0.717) is 23.4 Å². The number of hydrogen-bond acceptors (Lipinski definition) is 4. The van der Waals surface area contributed by atoms with Gasteiger partial charge < -0.3 is 10.3 Å². The van der Waals surface area contributed by atoms with Crippen LogP contribution in [0.25, 0.3) is 0 Å². The number of aromatic nitrogens is 3. The first-order valence-electron chi connectivity index (χ1n) is 5.80. The fraction of sp³-hybridized carbons (Fsp3) is 0.250. The number of rotatable bonds is 3. The second-order valence-corrected chi connectivity index (χ2v) is 4.32. The summed E-state index contributed by atoms with van der Waals surface area (Å²) in [5, 5.41) is 2.66. The molecule has 1 aliphatic rings. The maximum absolute atomic E-state index is 12.1. The fourth-order valence-electron chi connectivity index (χ4n) is 1.87. The Hall–Kier alpha value is -2.37. The van der Waals surface area contributed by atoms with Crippen molar-refractivity contribution < 1.29 is 4.79 Å². The lowest BCUT2D eigenvalue weighted by Gasteiger charge is -2.07. The van der Waals surface area contributed by atoms with Crippen molar-refractivity contribution in [3.63, 3.8) is 0 Å². The largest absolute Gasteiger partial charge is 0.397 e. The van der Waals surface area contributed by atoms with Gasteiger partial charge in [0.15, 0.2) is 0 Å². The van der Waals surface area contributed by atoms with Crippen LogP contribution in [0.15, 0.2) is 30.7 Å². The van der Waals surface area contributed by atoms with Gasteiger partial charge in [0.25, 0.3) is 5.91 Å². The third kappa shape index (κ3) is 2.04. The molecule has 0 bridgehead atoms. The fourth-order valence-corrected chi connectivity index (χ4v) is 1.87. The number of carbonyl (C=O) groups is 1. The smallest absolute Gasteiger partial charge is 0.274 e. The highest BCUT2D eigenvalue weighted by Crippen LogP contribution is 2.37. The summed E-state index contributed by atoms with van der Waals surface area (Å²) in [6.07, 6.45) is 7.15. The molecular formula is C12H13N5O. The number of nitrogens with zero attached hydrogens (tertiary/aromatic N) is 3. The van der Waals surface area contributed by atoms with Crippen molar-refractivity contribution in [1.29, 1.82) is 0 Å². The molecule has 0 spiro atoms. The molecule has 92 valence electrons. The van der Waals surface area contributed by atoms with E-state index in [1.807, 2.05) is 4.57 Å². The lowest BCUT2D eigenvalue weighted by atomic mass is 10.4. The molecule has 2 aromatic rings. The second kappa shape index (κ2) is 4.14. The molecule has 2 aromatic heterocycles. The Bertz CT molecular complexity index is 573. The Morgan fingerprint density at radius 2 is 2.11 bits per heavy atom. The van der Waals surface area contributed by atoms with Gasteiger partial charge in [-0.05, 0) is 25.0 Å². The SMILES string of the molecule is Nc1cc(C(=O)Nc2ncccn2)n(C2CC2)c1. The first kappa shape index (κ1) is 10.8. The summed E-state index contributed by atoms with van der Waals surface area (Å²) < 4.78 is 1.92. The third-order valence-electron chi connectivity index (χ3n) is 2.83. The van der Waals surface area contributed by atoms with Crippen LogP contribution in [0.2, 0.25) is 0 Å². The molecule has 2 heterocycles. The number of amides is 1. The summed E-state index contributed by atoms with van der Waals surface area (Å²) >= 11 is 0. The number of hydrogen-bond donors (Lipinski definition) is 2. The summed E-state index contributed by atoms with van der Waals surface area (Å²) in [6, 6.07) is 3.77. The molecule has 6 heteroatoms. The summed E-state index contributed by atoms with van der Waals surface area (Å²) in [5.74, 6) is 0.0643. The molecule has 0 radical (unpaired) electrons. The van der Waals surface area contributed by atoms with E-state index in [-0.39, 0.29) is 5.91 Å². The second-order valence-electron chi connectivity index (χ2n) is 4.32. The topological polar surface area (TPSA) is 85.8 Å². The zero-order valence-corrected chi connectivity index (χ0v) is 9.71. The van der Waals surface area contributed by atoms with Crippen molar-refractivity contribution in [1.82, 2.24) is 14.5 Å². The van der Waals surface area contributed by atoms with E-state index in [1.165, 1.54) is 0 Å². The summed E-state index contributed by atoms with van der Waals surface area (Å²) in [6.45, 7) is 0. The van der Waals surface area contributed by atoms with E-state index in [0.717, 1.165) is 12.8 Å². The van der Waals surface area contributed by atoms with Crippen LogP contribution in [0, 0.1) is 0 Å². The molecule has 0 atom stereocenters. The van der Waals surface area contributed by atoms with Crippen LogP contribution in [-0.4, -0.2) is 20.4 Å². The van der Waals surface area contributed by atoms with Crippen molar-refractivity contribution in [3.8, 4) is 0 Å². The van der Waals surface area contributed by atoms with E-state index in [4.69, 9.17) is 5.73 Å². The van der Waals surface area contributed by atoms with Crippen LogP contribution in [0.4, 0.5) is 11.6 Å². The predicted octanol–water partition coefficient (Wildman–Crippen LogP) is 1.45. The molecule has 1 fully saturated rings. The lowest BCUT2D eigenvalue weighted by Crippen LogP contribution is -2.17. The Kier molecular flexibility index (Phi) is 2.47. The average molecular weight is 243 g/mol. The molecule has 6 nitrogen and oxygen atoms in total. The molecule has 0 aromatic carbocycles. The van der Waals surface area contributed by atoms with Gasteiger partial charge >= 0.3 is 0 Å². The predicted molar refractivity (Wildman–Crippen MR) is 67.1 cm³/mol. The minimum atomic E-state index is -0.232. The third-order valence-corrected chi connectivity index (χ3v) is 2.83. The van der Waals surface area contributed by atoms with E-state index in [2.05, 4.69) is 15.3 Å². The molecule has 3 rings (SSSR count). The van der Waals surface area contributed by atoms with Gasteiger partial charge in [-0.15, -0.1) is 0 Å². The lowest BCUT2D eigenvalue weighted by molar-refractivity contribution is 0.101. The van der Waals surface area contributed by atoms with Gasteiger partial charge in [-0.3, -0.25) is 10.1 Å². The van der Waals surface area contributed by atoms with Gasteiger partial charge in [0.05, 0.1) is 5.69 Å². The van der Waals surface area contributed by atoms with Crippen molar-refractivity contribution in [2.24, 2.45) is 0 Å². The molecular weight excluding hydrogens is 230 g/mol. The Morgan fingerprint density at radius 1 is 1.39 bits per heavy atom. The molecule has 3 N–H and O–H groups in total. The Labute approximate surface area is 104 Å². The molecule has 1 saturated carbocycles. The van der Waals surface area contributed by atoms with E-state index in [9.17, 15) is 4.79 Å². The minimum Gasteiger partial charge on any atom is -0.397 e. The summed E-state index contributed by atoms with van der Waals surface area (Å²) in [5.41, 5.74) is 6.90. The Morgan fingerprint density at radius 3 is 2.78 bits per heavy atom. The van der Waals surface area contributed by atoms with Crippen molar-refractivity contribution in [3.05, 3.63) is 36.4 Å². The number of nitrogens with one attached hydrogen (secondary N) is 1. The molecule has 1 aliphatic carbocycles. The van der Waals surface area contributed by atoms with Crippen LogP contribution in [0.5, 0.6) is 0 Å². The molecule has 0 unspecified atom stereocenters. The van der Waals surface area contributed by atoms with Gasteiger partial charge in [0, 0.05) is 24.6 Å². The molecule has 0 aliphatic heterocycles. The maximum Gasteiger partial charge on any atom is 0.274 e.